The number of hydrogen-bond donors (Lipinski definition) is 1. The Morgan fingerprint density at radius 2 is 2.00 bits per heavy atom. The molecule has 2 nitrogen and oxygen atoms in total. The molecule has 0 fully saturated rings. The Kier molecular flexibility index (Phi) is 10.7. The summed E-state index contributed by atoms with van der Waals surface area (Å²) in [4.78, 5) is 11.4. The second-order valence-corrected chi connectivity index (χ2v) is 4.54. The number of unbranched alkanes of at least 4 members (excludes halogenated alkanes) is 3. The fourth-order valence-electron chi connectivity index (χ4n) is 1.31. The largest absolute Gasteiger partial charge is 0.352 e. The molecule has 0 aliphatic rings. The van der Waals surface area contributed by atoms with Crippen molar-refractivity contribution in [3.8, 4) is 0 Å². The molecule has 0 aliphatic heterocycles. The zero-order valence-corrected chi connectivity index (χ0v) is 11.5. The molecule has 0 aromatic heterocycles. The van der Waals surface area contributed by atoms with E-state index < -0.39 is 0 Å². The van der Waals surface area contributed by atoms with E-state index >= 15 is 0 Å². The van der Waals surface area contributed by atoms with Gasteiger partial charge >= 0.3 is 0 Å². The van der Waals surface area contributed by atoms with Gasteiger partial charge in [-0.2, -0.15) is 0 Å². The number of carbonyl (C=O) groups excluding carboxylic acids is 1. The van der Waals surface area contributed by atoms with Crippen LogP contribution in [0, 0.1) is 5.92 Å². The molecule has 0 radical (unpaired) electrons. The van der Waals surface area contributed by atoms with Crippen LogP contribution in [0.4, 0.5) is 0 Å². The van der Waals surface area contributed by atoms with Gasteiger partial charge in [0.1, 0.15) is 0 Å². The maximum absolute atomic E-state index is 11.4. The van der Waals surface area contributed by atoms with Crippen molar-refractivity contribution in [2.45, 2.75) is 52.9 Å². The summed E-state index contributed by atoms with van der Waals surface area (Å²) in [6.45, 7) is 7.23. The highest BCUT2D eigenvalue weighted by atomic mass is 16.1. The lowest BCUT2D eigenvalue weighted by molar-refractivity contribution is -0.116. The first kappa shape index (κ1) is 16.0. The van der Waals surface area contributed by atoms with Crippen LogP contribution in [0.1, 0.15) is 52.9 Å². The minimum absolute atomic E-state index is 0.00325. The molecule has 0 saturated heterocycles. The van der Waals surface area contributed by atoms with Gasteiger partial charge in [-0.1, -0.05) is 58.3 Å². The van der Waals surface area contributed by atoms with Crippen molar-refractivity contribution in [2.75, 3.05) is 6.54 Å². The zero-order valence-electron chi connectivity index (χ0n) is 11.5. The number of nitrogens with one attached hydrogen (secondary N) is 1. The highest BCUT2D eigenvalue weighted by Gasteiger charge is 1.99. The van der Waals surface area contributed by atoms with Crippen molar-refractivity contribution in [3.05, 3.63) is 24.3 Å². The van der Waals surface area contributed by atoms with Gasteiger partial charge in [0, 0.05) is 12.6 Å². The summed E-state index contributed by atoms with van der Waals surface area (Å²) in [6, 6.07) is 0. The maximum Gasteiger partial charge on any atom is 0.243 e. The maximum atomic E-state index is 11.4. The van der Waals surface area contributed by atoms with Crippen molar-refractivity contribution >= 4 is 5.91 Å². The second kappa shape index (κ2) is 11.4. The van der Waals surface area contributed by atoms with E-state index in [9.17, 15) is 4.79 Å². The lowest BCUT2D eigenvalue weighted by Gasteiger charge is -2.07. The number of allylic oxidation sites excluding steroid dienone is 3. The van der Waals surface area contributed by atoms with Gasteiger partial charge in [-0.25, -0.2) is 0 Å². The average Bonchev–Trinajstić information content (AvgIpc) is 2.34. The molecular formula is C15H27NO. The Bertz CT molecular complexity index is 243. The monoisotopic (exact) mass is 237 g/mol. The van der Waals surface area contributed by atoms with Crippen LogP contribution in [-0.2, 0) is 4.79 Å². The first-order valence-corrected chi connectivity index (χ1v) is 6.81. The first-order chi connectivity index (χ1) is 8.20. The molecule has 0 bridgehead atoms. The topological polar surface area (TPSA) is 29.1 Å². The average molecular weight is 237 g/mol. The Labute approximate surface area is 106 Å². The van der Waals surface area contributed by atoms with E-state index in [1.54, 1.807) is 6.08 Å². The van der Waals surface area contributed by atoms with E-state index in [4.69, 9.17) is 0 Å². The van der Waals surface area contributed by atoms with Gasteiger partial charge in [0.25, 0.3) is 0 Å². The summed E-state index contributed by atoms with van der Waals surface area (Å²) in [5, 5.41) is 2.88. The molecule has 0 aromatic carbocycles. The predicted molar refractivity (Wildman–Crippen MR) is 74.9 cm³/mol. The van der Waals surface area contributed by atoms with Gasteiger partial charge in [-0.05, 0) is 18.8 Å². The molecule has 2 heteroatoms. The van der Waals surface area contributed by atoms with Crippen LogP contribution in [0.3, 0.4) is 0 Å². The van der Waals surface area contributed by atoms with Gasteiger partial charge in [0.05, 0.1) is 0 Å². The lowest BCUT2D eigenvalue weighted by atomic mass is 10.1. The minimum Gasteiger partial charge on any atom is -0.352 e. The fraction of sp³-hybridized carbons (Fsp3) is 0.667. The van der Waals surface area contributed by atoms with E-state index in [1.807, 2.05) is 12.2 Å². The van der Waals surface area contributed by atoms with Crippen molar-refractivity contribution in [3.63, 3.8) is 0 Å². The van der Waals surface area contributed by atoms with E-state index in [0.717, 1.165) is 19.4 Å². The smallest absolute Gasteiger partial charge is 0.243 e. The van der Waals surface area contributed by atoms with E-state index in [2.05, 4.69) is 32.2 Å². The van der Waals surface area contributed by atoms with Gasteiger partial charge in [0.15, 0.2) is 0 Å². The predicted octanol–water partition coefficient (Wildman–Crippen LogP) is 3.84. The molecule has 1 N–H and O–H groups in total. The third kappa shape index (κ3) is 11.2. The third-order valence-corrected chi connectivity index (χ3v) is 2.79. The molecule has 0 aliphatic carbocycles. The third-order valence-electron chi connectivity index (χ3n) is 2.79. The molecule has 98 valence electrons. The van der Waals surface area contributed by atoms with E-state index in [0.29, 0.717) is 5.92 Å². The summed E-state index contributed by atoms with van der Waals surface area (Å²) in [6.07, 6.45) is 13.5. The van der Waals surface area contributed by atoms with Crippen LogP contribution in [0.15, 0.2) is 24.3 Å². The summed E-state index contributed by atoms with van der Waals surface area (Å²) in [5.41, 5.74) is 0. The van der Waals surface area contributed by atoms with E-state index in [-0.39, 0.29) is 5.91 Å². The molecule has 0 saturated carbocycles. The number of rotatable bonds is 9. The van der Waals surface area contributed by atoms with Gasteiger partial charge in [-0.3, -0.25) is 4.79 Å². The van der Waals surface area contributed by atoms with Gasteiger partial charge < -0.3 is 5.32 Å². The van der Waals surface area contributed by atoms with Crippen LogP contribution in [0.25, 0.3) is 0 Å². The van der Waals surface area contributed by atoms with Crippen LogP contribution >= 0.6 is 0 Å². The van der Waals surface area contributed by atoms with E-state index in [1.165, 1.54) is 19.3 Å². The summed E-state index contributed by atoms with van der Waals surface area (Å²) in [7, 11) is 0. The summed E-state index contributed by atoms with van der Waals surface area (Å²) >= 11 is 0. The Hall–Kier alpha value is -1.05. The molecule has 0 spiro atoms. The normalized spacial score (nSPS) is 13.4. The number of hydrogen-bond acceptors (Lipinski definition) is 1. The summed E-state index contributed by atoms with van der Waals surface area (Å²) in [5.74, 6) is 0.556. The number of amides is 1. The molecule has 0 aromatic rings. The Morgan fingerprint density at radius 3 is 2.65 bits per heavy atom. The quantitative estimate of drug-likeness (QED) is 0.368. The standard InChI is InChI=1S/C15H27NO/c1-4-6-7-8-9-10-11-12-15(17)16-13-14(3)5-2/h9-12,14H,4-8,13H2,1-3H3,(H,16,17)/b10-9?,12-11-. The van der Waals surface area contributed by atoms with Gasteiger partial charge in [0.2, 0.25) is 5.91 Å². The van der Waals surface area contributed by atoms with Gasteiger partial charge in [-0.15, -0.1) is 0 Å². The van der Waals surface area contributed by atoms with Crippen LogP contribution in [-0.4, -0.2) is 12.5 Å². The van der Waals surface area contributed by atoms with Crippen LogP contribution < -0.4 is 5.32 Å². The molecule has 17 heavy (non-hydrogen) atoms. The molecule has 0 heterocycles. The van der Waals surface area contributed by atoms with Crippen molar-refractivity contribution in [1.29, 1.82) is 0 Å². The lowest BCUT2D eigenvalue weighted by Crippen LogP contribution is -2.26. The first-order valence-electron chi connectivity index (χ1n) is 6.81. The van der Waals surface area contributed by atoms with Crippen molar-refractivity contribution in [1.82, 2.24) is 5.32 Å². The minimum atomic E-state index is 0.00325. The van der Waals surface area contributed by atoms with Crippen molar-refractivity contribution in [2.24, 2.45) is 5.92 Å². The molecular weight excluding hydrogens is 210 g/mol. The molecule has 1 unspecified atom stereocenters. The summed E-state index contributed by atoms with van der Waals surface area (Å²) < 4.78 is 0. The molecule has 0 rings (SSSR count). The number of carbonyl (C=O) groups is 1. The molecule has 1 amide bonds. The Balaban J connectivity index is 3.59. The SMILES string of the molecule is CCCCCC=C/C=C\C(=O)NCC(C)CC. The van der Waals surface area contributed by atoms with Crippen LogP contribution in [0.2, 0.25) is 0 Å². The Morgan fingerprint density at radius 1 is 1.24 bits per heavy atom. The highest BCUT2D eigenvalue weighted by Crippen LogP contribution is 1.99. The fourth-order valence-corrected chi connectivity index (χ4v) is 1.31. The zero-order chi connectivity index (χ0) is 12.9. The van der Waals surface area contributed by atoms with Crippen LogP contribution in [0.5, 0.6) is 0 Å². The van der Waals surface area contributed by atoms with Crippen molar-refractivity contribution < 1.29 is 4.79 Å². The highest BCUT2D eigenvalue weighted by molar-refractivity contribution is 5.87. The second-order valence-electron chi connectivity index (χ2n) is 4.54. The molecule has 1 atom stereocenters.